The summed E-state index contributed by atoms with van der Waals surface area (Å²) in [4.78, 5) is 20.1. The molecule has 1 fully saturated rings. The zero-order valence-corrected chi connectivity index (χ0v) is 20.8. The normalized spacial score (nSPS) is 15.3. The van der Waals surface area contributed by atoms with Crippen LogP contribution in [-0.2, 0) is 4.79 Å². The molecule has 34 heavy (non-hydrogen) atoms. The number of aromatic amines is 1. The highest BCUT2D eigenvalue weighted by Gasteiger charge is 2.25. The fourth-order valence-electron chi connectivity index (χ4n) is 5.30. The summed E-state index contributed by atoms with van der Waals surface area (Å²) >= 11 is 0. The maximum absolute atomic E-state index is 12.4. The van der Waals surface area contributed by atoms with Gasteiger partial charge in [0, 0.05) is 35.8 Å². The Hall–Kier alpha value is -3.19. The van der Waals surface area contributed by atoms with Gasteiger partial charge in [0.15, 0.2) is 5.65 Å². The lowest BCUT2D eigenvalue weighted by Gasteiger charge is -2.33. The van der Waals surface area contributed by atoms with Crippen molar-refractivity contribution in [3.05, 3.63) is 53.5 Å². The molecule has 1 aliphatic rings. The number of hydrogen-bond acceptors (Lipinski definition) is 4. The molecule has 1 aromatic carbocycles. The number of carbonyl (C=O) groups is 1. The molecule has 0 unspecified atom stereocenters. The lowest BCUT2D eigenvalue weighted by Crippen LogP contribution is -2.42. The van der Waals surface area contributed by atoms with Crippen LogP contribution in [0.15, 0.2) is 36.5 Å². The third-order valence-corrected chi connectivity index (χ3v) is 7.07. The van der Waals surface area contributed by atoms with Crippen LogP contribution in [0.25, 0.3) is 27.8 Å². The Balaban J connectivity index is 1.46. The second kappa shape index (κ2) is 8.87. The highest BCUT2D eigenvalue weighted by molar-refractivity contribution is 5.92. The number of nitrogens with zero attached hydrogens (tertiary/aromatic N) is 5. The number of hydrogen-bond donors (Lipinski definition) is 1. The van der Waals surface area contributed by atoms with Crippen LogP contribution < -0.4 is 0 Å². The third kappa shape index (κ3) is 4.09. The van der Waals surface area contributed by atoms with Gasteiger partial charge in [0.25, 0.3) is 0 Å². The number of likely N-dealkylation sites (N-methyl/N-ethyl adjacent to an activating group) is 1. The molecule has 3 aromatic heterocycles. The van der Waals surface area contributed by atoms with Crippen molar-refractivity contribution in [2.75, 3.05) is 33.7 Å². The van der Waals surface area contributed by atoms with E-state index in [4.69, 9.17) is 0 Å². The molecule has 5 rings (SSSR count). The second-order valence-electron chi connectivity index (χ2n) is 10.2. The number of amides is 1. The van der Waals surface area contributed by atoms with Crippen LogP contribution in [0.5, 0.6) is 0 Å². The van der Waals surface area contributed by atoms with E-state index in [0.29, 0.717) is 18.4 Å². The number of benzene rings is 1. The molecule has 178 valence electrons. The summed E-state index contributed by atoms with van der Waals surface area (Å²) in [5.41, 5.74) is 7.07. The SMILES string of the molecule is Cc1nnc2ccc(-c3[nH]c4ccc(C5CCN(C(=O)CN(C)C)CC5)cc4c3C(C)C)cn12. The fraction of sp³-hybridized carbons (Fsp3) is 0.444. The molecule has 1 amide bonds. The molecule has 4 heterocycles. The van der Waals surface area contributed by atoms with Crippen molar-refractivity contribution < 1.29 is 4.79 Å². The van der Waals surface area contributed by atoms with Crippen molar-refractivity contribution in [1.82, 2.24) is 29.4 Å². The Kier molecular flexibility index (Phi) is 5.90. The Morgan fingerprint density at radius 3 is 2.62 bits per heavy atom. The van der Waals surface area contributed by atoms with E-state index in [9.17, 15) is 4.79 Å². The molecule has 0 spiro atoms. The van der Waals surface area contributed by atoms with Crippen molar-refractivity contribution >= 4 is 22.5 Å². The standard InChI is InChI=1S/C27H34N6O/c1-17(2)26-22-14-20(19-10-12-32(13-11-19)25(34)16-31(4)5)6-8-23(22)28-27(26)21-7-9-24-30-29-18(3)33(24)15-21/h6-9,14-15,17,19,28H,10-13,16H2,1-5H3. The molecular weight excluding hydrogens is 424 g/mol. The van der Waals surface area contributed by atoms with Gasteiger partial charge in [-0.25, -0.2) is 0 Å². The average Bonchev–Trinajstić information content (AvgIpc) is 3.38. The smallest absolute Gasteiger partial charge is 0.236 e. The number of H-pyrrole nitrogens is 1. The van der Waals surface area contributed by atoms with Gasteiger partial charge in [0.2, 0.25) is 5.91 Å². The number of piperidine rings is 1. The molecule has 0 atom stereocenters. The maximum Gasteiger partial charge on any atom is 0.236 e. The minimum absolute atomic E-state index is 0.233. The number of aromatic nitrogens is 4. The van der Waals surface area contributed by atoms with Crippen LogP contribution in [-0.4, -0.2) is 69.0 Å². The zero-order chi connectivity index (χ0) is 24.0. The Labute approximate surface area is 200 Å². The van der Waals surface area contributed by atoms with Crippen LogP contribution in [0.4, 0.5) is 0 Å². The number of rotatable bonds is 5. The van der Waals surface area contributed by atoms with Crippen molar-refractivity contribution in [3.8, 4) is 11.3 Å². The van der Waals surface area contributed by atoms with E-state index in [2.05, 4.69) is 59.5 Å². The summed E-state index contributed by atoms with van der Waals surface area (Å²) in [5.74, 6) is 1.98. The summed E-state index contributed by atoms with van der Waals surface area (Å²) in [6.07, 6.45) is 4.16. The molecule has 0 aliphatic carbocycles. The van der Waals surface area contributed by atoms with Crippen molar-refractivity contribution in [2.45, 2.75) is 45.4 Å². The van der Waals surface area contributed by atoms with E-state index in [1.165, 1.54) is 27.7 Å². The molecule has 0 radical (unpaired) electrons. The number of aryl methyl sites for hydroxylation is 1. The largest absolute Gasteiger partial charge is 0.354 e. The fourth-order valence-corrected chi connectivity index (χ4v) is 5.30. The number of pyridine rings is 1. The topological polar surface area (TPSA) is 69.5 Å². The van der Waals surface area contributed by atoms with Gasteiger partial charge in [-0.05, 0) is 81.1 Å². The zero-order valence-electron chi connectivity index (χ0n) is 20.8. The van der Waals surface area contributed by atoms with Gasteiger partial charge in [-0.15, -0.1) is 10.2 Å². The second-order valence-corrected chi connectivity index (χ2v) is 10.2. The molecule has 0 bridgehead atoms. The predicted octanol–water partition coefficient (Wildman–Crippen LogP) is 4.58. The van der Waals surface area contributed by atoms with Gasteiger partial charge in [-0.2, -0.15) is 0 Å². The van der Waals surface area contributed by atoms with E-state index >= 15 is 0 Å². The van der Waals surface area contributed by atoms with E-state index in [0.717, 1.165) is 43.0 Å². The molecule has 1 N–H and O–H groups in total. The number of nitrogens with one attached hydrogen (secondary N) is 1. The van der Waals surface area contributed by atoms with Crippen molar-refractivity contribution in [3.63, 3.8) is 0 Å². The molecule has 7 heteroatoms. The van der Waals surface area contributed by atoms with E-state index in [-0.39, 0.29) is 5.91 Å². The lowest BCUT2D eigenvalue weighted by atomic mass is 9.87. The average molecular weight is 459 g/mol. The van der Waals surface area contributed by atoms with Crippen LogP contribution in [0, 0.1) is 6.92 Å². The number of carbonyl (C=O) groups excluding carboxylic acids is 1. The van der Waals surface area contributed by atoms with Crippen LogP contribution in [0.1, 0.15) is 55.5 Å². The first-order valence-electron chi connectivity index (χ1n) is 12.2. The van der Waals surface area contributed by atoms with E-state index in [1.807, 2.05) is 41.3 Å². The first-order chi connectivity index (χ1) is 16.3. The van der Waals surface area contributed by atoms with Gasteiger partial charge >= 0.3 is 0 Å². The summed E-state index contributed by atoms with van der Waals surface area (Å²) in [6.45, 7) is 8.66. The van der Waals surface area contributed by atoms with E-state index < -0.39 is 0 Å². The van der Waals surface area contributed by atoms with Gasteiger partial charge in [-0.3, -0.25) is 9.20 Å². The monoisotopic (exact) mass is 458 g/mol. The maximum atomic E-state index is 12.4. The molecular formula is C27H34N6O. The summed E-state index contributed by atoms with van der Waals surface area (Å²) in [7, 11) is 3.89. The molecule has 1 aliphatic heterocycles. The van der Waals surface area contributed by atoms with Crippen LogP contribution in [0.3, 0.4) is 0 Å². The Bertz CT molecular complexity index is 1340. The van der Waals surface area contributed by atoms with Crippen LogP contribution in [0.2, 0.25) is 0 Å². The van der Waals surface area contributed by atoms with Gasteiger partial charge in [0.05, 0.1) is 12.2 Å². The first-order valence-corrected chi connectivity index (χ1v) is 12.2. The highest BCUT2D eigenvalue weighted by atomic mass is 16.2. The molecule has 1 saturated heterocycles. The molecule has 0 saturated carbocycles. The Morgan fingerprint density at radius 1 is 1.15 bits per heavy atom. The molecule has 7 nitrogen and oxygen atoms in total. The minimum Gasteiger partial charge on any atom is -0.354 e. The summed E-state index contributed by atoms with van der Waals surface area (Å²) in [5, 5.41) is 9.72. The Morgan fingerprint density at radius 2 is 1.91 bits per heavy atom. The summed E-state index contributed by atoms with van der Waals surface area (Å²) < 4.78 is 2.04. The quantitative estimate of drug-likeness (QED) is 0.475. The molecule has 4 aromatic rings. The van der Waals surface area contributed by atoms with E-state index in [1.54, 1.807) is 0 Å². The van der Waals surface area contributed by atoms with Gasteiger partial charge < -0.3 is 14.8 Å². The third-order valence-electron chi connectivity index (χ3n) is 7.07. The van der Waals surface area contributed by atoms with Gasteiger partial charge in [-0.1, -0.05) is 19.9 Å². The number of likely N-dealkylation sites (tertiary alicyclic amines) is 1. The minimum atomic E-state index is 0.233. The summed E-state index contributed by atoms with van der Waals surface area (Å²) in [6, 6.07) is 11.0. The highest BCUT2D eigenvalue weighted by Crippen LogP contribution is 2.38. The predicted molar refractivity (Wildman–Crippen MR) is 136 cm³/mol. The van der Waals surface area contributed by atoms with Crippen molar-refractivity contribution in [2.24, 2.45) is 0 Å². The number of fused-ring (bicyclic) bond motifs is 2. The van der Waals surface area contributed by atoms with Gasteiger partial charge in [0.1, 0.15) is 5.82 Å². The van der Waals surface area contributed by atoms with Crippen molar-refractivity contribution in [1.29, 1.82) is 0 Å². The lowest BCUT2D eigenvalue weighted by molar-refractivity contribution is -0.132. The van der Waals surface area contributed by atoms with Crippen LogP contribution >= 0.6 is 0 Å². The first kappa shape index (κ1) is 22.6.